The molecule has 0 spiro atoms. The van der Waals surface area contributed by atoms with E-state index in [2.05, 4.69) is 11.0 Å². The van der Waals surface area contributed by atoms with E-state index < -0.39 is 5.41 Å². The van der Waals surface area contributed by atoms with Crippen molar-refractivity contribution in [2.24, 2.45) is 11.3 Å². The van der Waals surface area contributed by atoms with E-state index in [1.807, 2.05) is 20.8 Å². The quantitative estimate of drug-likeness (QED) is 0.646. The highest BCUT2D eigenvalue weighted by Crippen LogP contribution is 2.16. The highest BCUT2D eigenvalue weighted by atomic mass is 16.3. The molecule has 0 aromatic carbocycles. The number of hydrogen-bond donors (Lipinski definition) is 2. The van der Waals surface area contributed by atoms with Crippen molar-refractivity contribution in [3.8, 4) is 6.07 Å². The topological polar surface area (TPSA) is 67.5 Å². The third kappa shape index (κ3) is 5.12. The fraction of sp³-hybridized carbons (Fsp3) is 0.909. The van der Waals surface area contributed by atoms with Crippen LogP contribution in [0, 0.1) is 22.7 Å². The van der Waals surface area contributed by atoms with Crippen molar-refractivity contribution >= 4 is 0 Å². The molecule has 0 bridgehead atoms. The fourth-order valence-electron chi connectivity index (χ4n) is 1.42. The van der Waals surface area contributed by atoms with Crippen molar-refractivity contribution < 1.29 is 10.2 Å². The van der Waals surface area contributed by atoms with Gasteiger partial charge in [0.25, 0.3) is 0 Å². The Kier molecular flexibility index (Phi) is 6.50. The summed E-state index contributed by atoms with van der Waals surface area (Å²) in [5, 5.41) is 27.1. The summed E-state index contributed by atoms with van der Waals surface area (Å²) in [6.07, 6.45) is 0. The van der Waals surface area contributed by atoms with Crippen LogP contribution in [0.1, 0.15) is 20.8 Å². The van der Waals surface area contributed by atoms with Crippen LogP contribution in [0.25, 0.3) is 0 Å². The average molecular weight is 214 g/mol. The maximum atomic E-state index is 9.17. The first-order valence-electron chi connectivity index (χ1n) is 5.35. The molecule has 2 N–H and O–H groups in total. The molecular weight excluding hydrogens is 192 g/mol. The maximum absolute atomic E-state index is 9.17. The summed E-state index contributed by atoms with van der Waals surface area (Å²) in [6, 6.07) is 2.18. The van der Waals surface area contributed by atoms with Crippen molar-refractivity contribution in [3.05, 3.63) is 0 Å². The second kappa shape index (κ2) is 6.78. The van der Waals surface area contributed by atoms with Crippen LogP contribution >= 0.6 is 0 Å². The predicted octanol–water partition coefficient (Wildman–Crippen LogP) is 0.459. The van der Waals surface area contributed by atoms with Crippen molar-refractivity contribution in [2.75, 3.05) is 32.8 Å². The molecule has 0 heterocycles. The minimum atomic E-state index is -0.481. The van der Waals surface area contributed by atoms with Gasteiger partial charge in [0.05, 0.1) is 25.2 Å². The first kappa shape index (κ1) is 14.4. The summed E-state index contributed by atoms with van der Waals surface area (Å²) in [7, 11) is 0. The van der Waals surface area contributed by atoms with Crippen LogP contribution in [0.3, 0.4) is 0 Å². The summed E-state index contributed by atoms with van der Waals surface area (Å²) in [5.74, 6) is -0.0217. The predicted molar refractivity (Wildman–Crippen MR) is 59.2 cm³/mol. The number of hydrogen-bond acceptors (Lipinski definition) is 4. The lowest BCUT2D eigenvalue weighted by Gasteiger charge is -2.32. The zero-order valence-corrected chi connectivity index (χ0v) is 9.90. The van der Waals surface area contributed by atoms with Crippen molar-refractivity contribution in [2.45, 2.75) is 20.8 Å². The summed E-state index contributed by atoms with van der Waals surface area (Å²) < 4.78 is 0. The highest BCUT2D eigenvalue weighted by molar-refractivity contribution is 4.84. The zero-order valence-electron chi connectivity index (χ0n) is 9.90. The first-order valence-corrected chi connectivity index (χ1v) is 5.35. The lowest BCUT2D eigenvalue weighted by Crippen LogP contribution is -2.42. The Bertz CT molecular complexity index is 209. The van der Waals surface area contributed by atoms with Crippen LogP contribution in [0.2, 0.25) is 0 Å². The molecule has 0 aliphatic rings. The van der Waals surface area contributed by atoms with Crippen LogP contribution in [0.4, 0.5) is 0 Å². The van der Waals surface area contributed by atoms with Gasteiger partial charge in [0, 0.05) is 18.5 Å². The Morgan fingerprint density at radius 1 is 1.40 bits per heavy atom. The van der Waals surface area contributed by atoms with Gasteiger partial charge in [-0.3, -0.25) is 0 Å². The van der Waals surface area contributed by atoms with Crippen molar-refractivity contribution in [1.29, 1.82) is 5.26 Å². The van der Waals surface area contributed by atoms with Gasteiger partial charge in [-0.05, 0) is 13.5 Å². The molecule has 88 valence electrons. The Balaban J connectivity index is 4.26. The van der Waals surface area contributed by atoms with Crippen LogP contribution < -0.4 is 0 Å². The fourth-order valence-corrected chi connectivity index (χ4v) is 1.42. The second-order valence-electron chi connectivity index (χ2n) is 4.48. The summed E-state index contributed by atoms with van der Waals surface area (Å²) >= 11 is 0. The standard InChI is InChI=1S/C11H22N2O2/c1-4-13(6-10(2)5-12)7-11(3,8-14)9-15/h10,14-15H,4,6-9H2,1-3H3. The molecule has 0 amide bonds. The van der Waals surface area contributed by atoms with Gasteiger partial charge in [-0.2, -0.15) is 5.26 Å². The second-order valence-corrected chi connectivity index (χ2v) is 4.48. The molecular formula is C11H22N2O2. The van der Waals surface area contributed by atoms with E-state index in [1.165, 1.54) is 0 Å². The summed E-state index contributed by atoms with van der Waals surface area (Å²) in [5.41, 5.74) is -0.481. The van der Waals surface area contributed by atoms with Crippen LogP contribution in [0.15, 0.2) is 0 Å². The molecule has 4 heteroatoms. The number of nitriles is 1. The molecule has 0 aliphatic heterocycles. The maximum Gasteiger partial charge on any atom is 0.0666 e. The first-order chi connectivity index (χ1) is 7.01. The smallest absolute Gasteiger partial charge is 0.0666 e. The molecule has 0 radical (unpaired) electrons. The molecule has 4 nitrogen and oxygen atoms in total. The normalized spacial score (nSPS) is 13.9. The van der Waals surface area contributed by atoms with E-state index in [-0.39, 0.29) is 19.1 Å². The van der Waals surface area contributed by atoms with Gasteiger partial charge in [0.1, 0.15) is 0 Å². The van der Waals surface area contributed by atoms with E-state index >= 15 is 0 Å². The lowest BCUT2D eigenvalue weighted by atomic mass is 9.92. The Labute approximate surface area is 92.1 Å². The number of aliphatic hydroxyl groups is 2. The molecule has 1 atom stereocenters. The molecule has 0 saturated carbocycles. The average Bonchev–Trinajstić information content (AvgIpc) is 2.27. The number of nitrogens with zero attached hydrogens (tertiary/aromatic N) is 2. The van der Waals surface area contributed by atoms with Gasteiger partial charge in [-0.25, -0.2) is 0 Å². The monoisotopic (exact) mass is 214 g/mol. The Morgan fingerprint density at radius 3 is 2.27 bits per heavy atom. The largest absolute Gasteiger partial charge is 0.396 e. The minimum absolute atomic E-state index is 0.0217. The van der Waals surface area contributed by atoms with E-state index in [4.69, 9.17) is 15.5 Å². The van der Waals surface area contributed by atoms with E-state index in [9.17, 15) is 0 Å². The van der Waals surface area contributed by atoms with Crippen LogP contribution in [-0.2, 0) is 0 Å². The molecule has 0 aromatic rings. The lowest BCUT2D eigenvalue weighted by molar-refractivity contribution is 0.0346. The molecule has 0 rings (SSSR count). The van der Waals surface area contributed by atoms with Gasteiger partial charge in [-0.15, -0.1) is 0 Å². The van der Waals surface area contributed by atoms with Crippen LogP contribution in [0.5, 0.6) is 0 Å². The van der Waals surface area contributed by atoms with Gasteiger partial charge >= 0.3 is 0 Å². The van der Waals surface area contributed by atoms with E-state index in [0.717, 1.165) is 6.54 Å². The van der Waals surface area contributed by atoms with Gasteiger partial charge in [0.2, 0.25) is 0 Å². The van der Waals surface area contributed by atoms with E-state index in [1.54, 1.807) is 0 Å². The third-order valence-electron chi connectivity index (χ3n) is 2.57. The molecule has 15 heavy (non-hydrogen) atoms. The minimum Gasteiger partial charge on any atom is -0.396 e. The van der Waals surface area contributed by atoms with Crippen molar-refractivity contribution in [1.82, 2.24) is 4.90 Å². The van der Waals surface area contributed by atoms with E-state index in [0.29, 0.717) is 13.1 Å². The van der Waals surface area contributed by atoms with Crippen LogP contribution in [-0.4, -0.2) is 48.0 Å². The number of rotatable bonds is 7. The molecule has 0 aromatic heterocycles. The molecule has 0 fully saturated rings. The molecule has 1 unspecified atom stereocenters. The zero-order chi connectivity index (χ0) is 11.9. The number of aliphatic hydroxyl groups excluding tert-OH is 2. The highest BCUT2D eigenvalue weighted by Gasteiger charge is 2.25. The Morgan fingerprint density at radius 2 is 1.93 bits per heavy atom. The summed E-state index contributed by atoms with van der Waals surface area (Å²) in [6.45, 7) is 7.76. The van der Waals surface area contributed by atoms with Crippen molar-refractivity contribution in [3.63, 3.8) is 0 Å². The Hall–Kier alpha value is -0.630. The summed E-state index contributed by atoms with van der Waals surface area (Å²) in [4.78, 5) is 2.08. The van der Waals surface area contributed by atoms with Gasteiger partial charge < -0.3 is 15.1 Å². The van der Waals surface area contributed by atoms with Gasteiger partial charge in [0.15, 0.2) is 0 Å². The molecule has 0 saturated heterocycles. The molecule has 0 aliphatic carbocycles. The third-order valence-corrected chi connectivity index (χ3v) is 2.57. The van der Waals surface area contributed by atoms with Gasteiger partial charge in [-0.1, -0.05) is 13.8 Å². The SMILES string of the molecule is CCN(CC(C)C#N)CC(C)(CO)CO.